The fraction of sp³-hybridized carbons (Fsp3) is 0.474. The number of nitrogens with one attached hydrogen (secondary N) is 1. The smallest absolute Gasteiger partial charge is 0.276 e. The van der Waals surface area contributed by atoms with Gasteiger partial charge in [-0.2, -0.15) is 0 Å². The van der Waals surface area contributed by atoms with E-state index >= 15 is 0 Å². The zero-order chi connectivity index (χ0) is 20.5. The monoisotopic (exact) mass is 425 g/mol. The molecule has 28 heavy (non-hydrogen) atoms. The highest BCUT2D eigenvalue weighted by Gasteiger charge is 2.26. The zero-order valence-electron chi connectivity index (χ0n) is 16.2. The molecule has 1 aromatic carbocycles. The highest BCUT2D eigenvalue weighted by molar-refractivity contribution is 7.89. The van der Waals surface area contributed by atoms with Crippen molar-refractivity contribution in [3.8, 4) is 0 Å². The van der Waals surface area contributed by atoms with Crippen LogP contribution < -0.4 is 4.72 Å². The van der Waals surface area contributed by atoms with Crippen molar-refractivity contribution in [3.05, 3.63) is 46.1 Å². The molecular formula is C19H24ClN3O4S. The average molecular weight is 426 g/mol. The van der Waals surface area contributed by atoms with E-state index in [1.807, 2.05) is 0 Å². The van der Waals surface area contributed by atoms with Gasteiger partial charge in [-0.3, -0.25) is 4.79 Å². The normalized spacial score (nSPS) is 15.8. The standard InChI is InChI=1S/C19H24ClN3O4S/c1-12-7-9-23(10-8-12)19(24)18-14(3)27-17(22-18)11-21-28(25,26)16-6-4-5-15(20)13(16)2/h4-6,12,21H,7-11H2,1-3H3. The van der Waals surface area contributed by atoms with E-state index in [4.69, 9.17) is 16.0 Å². The Morgan fingerprint density at radius 1 is 1.32 bits per heavy atom. The van der Waals surface area contributed by atoms with Crippen molar-refractivity contribution < 1.29 is 17.6 Å². The molecule has 0 saturated carbocycles. The van der Waals surface area contributed by atoms with E-state index in [-0.39, 0.29) is 28.9 Å². The molecule has 0 atom stereocenters. The van der Waals surface area contributed by atoms with Gasteiger partial charge in [-0.25, -0.2) is 18.1 Å². The molecule has 7 nitrogen and oxygen atoms in total. The third-order valence-electron chi connectivity index (χ3n) is 5.04. The Kier molecular flexibility index (Phi) is 6.12. The molecule has 1 N–H and O–H groups in total. The number of amides is 1. The minimum Gasteiger partial charge on any atom is -0.444 e. The maximum absolute atomic E-state index is 12.7. The third kappa shape index (κ3) is 4.39. The molecular weight excluding hydrogens is 402 g/mol. The number of carbonyl (C=O) groups is 1. The first-order valence-corrected chi connectivity index (χ1v) is 11.1. The van der Waals surface area contributed by atoms with E-state index in [9.17, 15) is 13.2 Å². The van der Waals surface area contributed by atoms with Crippen molar-refractivity contribution in [2.24, 2.45) is 5.92 Å². The molecule has 1 amide bonds. The lowest BCUT2D eigenvalue weighted by atomic mass is 9.99. The molecule has 1 aliphatic heterocycles. The van der Waals surface area contributed by atoms with Gasteiger partial charge in [-0.15, -0.1) is 0 Å². The number of likely N-dealkylation sites (tertiary alicyclic amines) is 1. The van der Waals surface area contributed by atoms with Gasteiger partial charge in [0.2, 0.25) is 15.9 Å². The molecule has 1 fully saturated rings. The Labute approximate surface area is 170 Å². The molecule has 1 saturated heterocycles. The lowest BCUT2D eigenvalue weighted by Crippen LogP contribution is -2.38. The van der Waals surface area contributed by atoms with Crippen LogP contribution in [0.3, 0.4) is 0 Å². The van der Waals surface area contributed by atoms with Gasteiger partial charge in [0.05, 0.1) is 11.4 Å². The Hall–Kier alpha value is -1.90. The summed E-state index contributed by atoms with van der Waals surface area (Å²) in [6.45, 7) is 6.72. The molecule has 152 valence electrons. The Bertz CT molecular complexity index is 979. The molecule has 0 radical (unpaired) electrons. The summed E-state index contributed by atoms with van der Waals surface area (Å²) in [5, 5.41) is 0.374. The number of aryl methyl sites for hydroxylation is 1. The first-order chi connectivity index (χ1) is 13.2. The van der Waals surface area contributed by atoms with Crippen molar-refractivity contribution >= 4 is 27.5 Å². The van der Waals surface area contributed by atoms with Gasteiger partial charge in [0.1, 0.15) is 5.76 Å². The lowest BCUT2D eigenvalue weighted by molar-refractivity contribution is 0.0690. The number of piperidine rings is 1. The molecule has 0 bridgehead atoms. The van der Waals surface area contributed by atoms with Crippen LogP contribution in [0.4, 0.5) is 0 Å². The number of rotatable bonds is 5. The van der Waals surface area contributed by atoms with Gasteiger partial charge < -0.3 is 9.32 Å². The Morgan fingerprint density at radius 3 is 2.68 bits per heavy atom. The van der Waals surface area contributed by atoms with E-state index in [2.05, 4.69) is 16.6 Å². The van der Waals surface area contributed by atoms with E-state index in [1.165, 1.54) is 6.07 Å². The summed E-state index contributed by atoms with van der Waals surface area (Å²) in [7, 11) is -3.79. The van der Waals surface area contributed by atoms with E-state index in [0.717, 1.165) is 12.8 Å². The third-order valence-corrected chi connectivity index (χ3v) is 6.99. The van der Waals surface area contributed by atoms with Gasteiger partial charge >= 0.3 is 0 Å². The van der Waals surface area contributed by atoms with E-state index in [0.29, 0.717) is 35.4 Å². The summed E-state index contributed by atoms with van der Waals surface area (Å²) in [5.74, 6) is 0.974. The lowest BCUT2D eigenvalue weighted by Gasteiger charge is -2.29. The molecule has 2 heterocycles. The van der Waals surface area contributed by atoms with Gasteiger partial charge in [0.15, 0.2) is 5.69 Å². The predicted molar refractivity (Wildman–Crippen MR) is 106 cm³/mol. The summed E-state index contributed by atoms with van der Waals surface area (Å²) in [6, 6.07) is 4.69. The second-order valence-corrected chi connectivity index (χ2v) is 9.32. The fourth-order valence-electron chi connectivity index (χ4n) is 3.20. The number of hydrogen-bond donors (Lipinski definition) is 1. The molecule has 2 aromatic rings. The molecule has 1 aromatic heterocycles. The molecule has 9 heteroatoms. The van der Waals surface area contributed by atoms with Crippen LogP contribution in [0.2, 0.25) is 5.02 Å². The highest BCUT2D eigenvalue weighted by atomic mass is 35.5. The van der Waals surface area contributed by atoms with Crippen LogP contribution >= 0.6 is 11.6 Å². The first kappa shape index (κ1) is 20.8. The number of benzene rings is 1. The second-order valence-electron chi connectivity index (χ2n) is 7.17. The SMILES string of the molecule is Cc1oc(CNS(=O)(=O)c2cccc(Cl)c2C)nc1C(=O)N1CCC(C)CC1. The molecule has 0 unspecified atom stereocenters. The van der Waals surface area contributed by atoms with Crippen LogP contribution in [0.1, 0.15) is 47.5 Å². The summed E-state index contributed by atoms with van der Waals surface area (Å²) >= 11 is 6.01. The summed E-state index contributed by atoms with van der Waals surface area (Å²) in [4.78, 5) is 18.8. The minimum atomic E-state index is -3.79. The van der Waals surface area contributed by atoms with Gasteiger partial charge in [0, 0.05) is 18.1 Å². The van der Waals surface area contributed by atoms with Gasteiger partial charge in [-0.1, -0.05) is 24.6 Å². The number of nitrogens with zero attached hydrogens (tertiary/aromatic N) is 2. The van der Waals surface area contributed by atoms with Crippen LogP contribution in [-0.4, -0.2) is 37.3 Å². The van der Waals surface area contributed by atoms with Crippen molar-refractivity contribution in [1.82, 2.24) is 14.6 Å². The van der Waals surface area contributed by atoms with Crippen molar-refractivity contribution in [2.45, 2.75) is 45.1 Å². The second kappa shape index (κ2) is 8.23. The number of oxazole rings is 1. The fourth-order valence-corrected chi connectivity index (χ4v) is 4.67. The van der Waals surface area contributed by atoms with Crippen LogP contribution in [0.15, 0.2) is 27.5 Å². The largest absolute Gasteiger partial charge is 0.444 e. The highest BCUT2D eigenvalue weighted by Crippen LogP contribution is 2.23. The Balaban J connectivity index is 1.71. The van der Waals surface area contributed by atoms with Crippen molar-refractivity contribution in [2.75, 3.05) is 13.1 Å². The predicted octanol–water partition coefficient (Wildman–Crippen LogP) is 3.30. The number of aromatic nitrogens is 1. The first-order valence-electron chi connectivity index (χ1n) is 9.19. The van der Waals surface area contributed by atoms with Crippen LogP contribution in [0, 0.1) is 19.8 Å². The van der Waals surface area contributed by atoms with Crippen LogP contribution in [0.25, 0.3) is 0 Å². The quantitative estimate of drug-likeness (QED) is 0.793. The van der Waals surface area contributed by atoms with Gasteiger partial charge in [-0.05, 0) is 50.3 Å². The average Bonchev–Trinajstić information content (AvgIpc) is 3.03. The van der Waals surface area contributed by atoms with Crippen LogP contribution in [0.5, 0.6) is 0 Å². The molecule has 0 spiro atoms. The Morgan fingerprint density at radius 2 is 2.00 bits per heavy atom. The van der Waals surface area contributed by atoms with Crippen LogP contribution in [-0.2, 0) is 16.6 Å². The number of carbonyl (C=O) groups excluding carboxylic acids is 1. The van der Waals surface area contributed by atoms with E-state index in [1.54, 1.807) is 30.9 Å². The zero-order valence-corrected chi connectivity index (χ0v) is 17.7. The maximum atomic E-state index is 12.7. The molecule has 3 rings (SSSR count). The number of halogens is 1. The van der Waals surface area contributed by atoms with Crippen molar-refractivity contribution in [3.63, 3.8) is 0 Å². The summed E-state index contributed by atoms with van der Waals surface area (Å²) < 4.78 is 33.1. The number of sulfonamides is 1. The molecule has 1 aliphatic rings. The number of hydrogen-bond acceptors (Lipinski definition) is 5. The van der Waals surface area contributed by atoms with Crippen molar-refractivity contribution in [1.29, 1.82) is 0 Å². The minimum absolute atomic E-state index is 0.0991. The topological polar surface area (TPSA) is 92.5 Å². The van der Waals surface area contributed by atoms with Gasteiger partial charge in [0.25, 0.3) is 5.91 Å². The maximum Gasteiger partial charge on any atom is 0.276 e. The summed E-state index contributed by atoms with van der Waals surface area (Å²) in [6.07, 6.45) is 1.93. The summed E-state index contributed by atoms with van der Waals surface area (Å²) in [5.41, 5.74) is 0.707. The molecule has 0 aliphatic carbocycles. The van der Waals surface area contributed by atoms with E-state index < -0.39 is 10.0 Å².